The minimum absolute atomic E-state index is 0. The first kappa shape index (κ1) is 32.2. The molecule has 0 aliphatic carbocycles. The van der Waals surface area contributed by atoms with E-state index in [-0.39, 0.29) is 26.2 Å². The van der Waals surface area contributed by atoms with Crippen LogP contribution in [0.25, 0.3) is 10.8 Å². The Morgan fingerprint density at radius 3 is 2.66 bits per heavy atom. The molecule has 0 amide bonds. The van der Waals surface area contributed by atoms with Gasteiger partial charge >= 0.3 is 19.4 Å². The number of aliphatic hydroxyl groups is 1. The lowest BCUT2D eigenvalue weighted by Crippen LogP contribution is -2.47. The molecule has 4 atom stereocenters. The molecule has 1 fully saturated rings. The summed E-state index contributed by atoms with van der Waals surface area (Å²) in [6, 6.07) is 12.4. The van der Waals surface area contributed by atoms with Crippen molar-refractivity contribution in [3.63, 3.8) is 0 Å². The number of ether oxygens (including phenoxy) is 2. The maximum atomic E-state index is 14.1. The number of hydrogen-bond donors (Lipinski definition) is 3. The van der Waals surface area contributed by atoms with Crippen molar-refractivity contribution in [1.82, 2.24) is 14.6 Å². The summed E-state index contributed by atoms with van der Waals surface area (Å²) >= 11 is 0. The first-order chi connectivity index (χ1) is 18.8. The molecule has 4 rings (SSSR count). The Morgan fingerprint density at radius 2 is 1.95 bits per heavy atom. The third kappa shape index (κ3) is 6.94. The van der Waals surface area contributed by atoms with Crippen molar-refractivity contribution >= 4 is 24.5 Å². The second-order valence-corrected chi connectivity index (χ2v) is 11.7. The van der Waals surface area contributed by atoms with Gasteiger partial charge in [0.05, 0.1) is 25.5 Å². The number of hydrogen-bond acceptors (Lipinski definition) is 9. The molecule has 2 unspecified atom stereocenters. The van der Waals surface area contributed by atoms with Crippen molar-refractivity contribution in [2.45, 2.75) is 65.0 Å². The van der Waals surface area contributed by atoms with Crippen LogP contribution < -0.4 is 20.9 Å². The number of carbonyl (C=O) groups excluding carboxylic acids is 1. The number of halogens is 1. The van der Waals surface area contributed by atoms with Crippen LogP contribution in [0, 0.1) is 5.82 Å². The average Bonchev–Trinajstić information content (AvgIpc) is 3.19. The van der Waals surface area contributed by atoms with E-state index in [2.05, 4.69) is 5.09 Å². The molecule has 3 N–H and O–H groups in total. The molecule has 0 saturated carbocycles. The zero-order chi connectivity index (χ0) is 29.3. The standard InChI is InChI=1S/C26H31FN3O9P.CH4/c1-5-36-23(33)25(2,3)29-40(35,39-20-12-8-10-16-9-6-7-11-17(16)20)37-15-21-19(31)13-26(4,38-21)30-14-18(27)22(32)28-24(30)34;/h6-12,14,19,21,31H,5,13,15H2,1-4H3,(H,29,35)(H,28,32,34);1H4/t19?,21-,26-,40?;/m1./s1. The minimum Gasteiger partial charge on any atom is -0.465 e. The van der Waals surface area contributed by atoms with Crippen molar-refractivity contribution in [1.29, 1.82) is 0 Å². The number of aromatic nitrogens is 2. The number of H-pyrrole nitrogens is 1. The molecular weight excluding hydrogens is 560 g/mol. The van der Waals surface area contributed by atoms with Crippen LogP contribution >= 0.6 is 7.75 Å². The van der Waals surface area contributed by atoms with Gasteiger partial charge in [-0.3, -0.25) is 23.7 Å². The molecule has 41 heavy (non-hydrogen) atoms. The van der Waals surface area contributed by atoms with Gasteiger partial charge in [0.1, 0.15) is 23.1 Å². The number of rotatable bonds is 10. The van der Waals surface area contributed by atoms with Gasteiger partial charge < -0.3 is 19.1 Å². The normalized spacial score (nSPS) is 22.1. The third-order valence-electron chi connectivity index (χ3n) is 6.41. The lowest BCUT2D eigenvalue weighted by atomic mass is 10.1. The van der Waals surface area contributed by atoms with Gasteiger partial charge in [-0.2, -0.15) is 9.48 Å². The van der Waals surface area contributed by atoms with Crippen LogP contribution in [0.5, 0.6) is 5.75 Å². The number of carbonyl (C=O) groups is 1. The van der Waals surface area contributed by atoms with E-state index in [0.717, 1.165) is 9.95 Å². The Labute approximate surface area is 236 Å². The summed E-state index contributed by atoms with van der Waals surface area (Å²) in [6.07, 6.45) is -1.88. The van der Waals surface area contributed by atoms with Crippen LogP contribution in [-0.4, -0.2) is 51.6 Å². The van der Waals surface area contributed by atoms with Crippen LogP contribution in [0.15, 0.2) is 58.3 Å². The first-order valence-corrected chi connectivity index (χ1v) is 14.1. The van der Waals surface area contributed by atoms with E-state index < -0.39 is 60.9 Å². The Balaban J connectivity index is 0.00000462. The summed E-state index contributed by atoms with van der Waals surface area (Å²) in [7, 11) is -4.38. The zero-order valence-corrected chi connectivity index (χ0v) is 23.3. The second-order valence-electron chi connectivity index (χ2n) is 10.0. The van der Waals surface area contributed by atoms with Crippen molar-refractivity contribution in [3.05, 3.63) is 75.3 Å². The van der Waals surface area contributed by atoms with Gasteiger partial charge in [0, 0.05) is 11.8 Å². The number of aromatic amines is 1. The molecule has 2 aromatic carbocycles. The molecule has 12 nitrogen and oxygen atoms in total. The molecule has 0 spiro atoms. The summed E-state index contributed by atoms with van der Waals surface area (Å²) in [5, 5.41) is 14.8. The molecule has 1 aliphatic rings. The van der Waals surface area contributed by atoms with E-state index in [9.17, 15) is 28.4 Å². The van der Waals surface area contributed by atoms with Gasteiger partial charge in [0.25, 0.3) is 5.56 Å². The Bertz CT molecular complexity index is 1570. The van der Waals surface area contributed by atoms with Crippen molar-refractivity contribution in [2.24, 2.45) is 0 Å². The molecule has 224 valence electrons. The predicted octanol–water partition coefficient (Wildman–Crippen LogP) is 3.42. The summed E-state index contributed by atoms with van der Waals surface area (Å²) in [4.78, 5) is 38.2. The summed E-state index contributed by atoms with van der Waals surface area (Å²) in [5.74, 6) is -1.71. The lowest BCUT2D eigenvalue weighted by Gasteiger charge is -2.30. The fourth-order valence-electron chi connectivity index (χ4n) is 4.43. The molecule has 0 radical (unpaired) electrons. The molecule has 14 heteroatoms. The largest absolute Gasteiger partial charge is 0.465 e. The Morgan fingerprint density at radius 1 is 1.27 bits per heavy atom. The van der Waals surface area contributed by atoms with Gasteiger partial charge in [0.2, 0.25) is 5.82 Å². The molecule has 1 aromatic heterocycles. The van der Waals surface area contributed by atoms with E-state index in [1.807, 2.05) is 23.2 Å². The second kappa shape index (κ2) is 12.3. The van der Waals surface area contributed by atoms with E-state index in [1.165, 1.54) is 20.8 Å². The maximum absolute atomic E-state index is 14.1. The number of benzene rings is 2. The maximum Gasteiger partial charge on any atom is 0.459 e. The number of fused-ring (bicyclic) bond motifs is 1. The van der Waals surface area contributed by atoms with Gasteiger partial charge in [-0.1, -0.05) is 43.8 Å². The smallest absolute Gasteiger partial charge is 0.459 e. The van der Waals surface area contributed by atoms with Crippen LogP contribution in [0.4, 0.5) is 4.39 Å². The van der Waals surface area contributed by atoms with Crippen LogP contribution in [0.1, 0.15) is 41.5 Å². The summed E-state index contributed by atoms with van der Waals surface area (Å²) in [5.41, 5.74) is -5.20. The third-order valence-corrected chi connectivity index (χ3v) is 8.17. The van der Waals surface area contributed by atoms with E-state index in [1.54, 1.807) is 31.2 Å². The molecular formula is C27H35FN3O9P. The monoisotopic (exact) mass is 595 g/mol. The van der Waals surface area contributed by atoms with Crippen molar-refractivity contribution in [3.8, 4) is 5.75 Å². The Kier molecular flexibility index (Phi) is 9.62. The first-order valence-electron chi connectivity index (χ1n) is 12.5. The van der Waals surface area contributed by atoms with Crippen LogP contribution in [-0.2, 0) is 29.1 Å². The van der Waals surface area contributed by atoms with E-state index in [0.29, 0.717) is 11.6 Å². The zero-order valence-electron chi connectivity index (χ0n) is 22.4. The highest BCUT2D eigenvalue weighted by molar-refractivity contribution is 7.52. The SMILES string of the molecule is C.CCOC(=O)C(C)(C)NP(=O)(OC[C@H]1O[C@@](C)(n2cc(F)c(=O)[nH]c2=O)CC1O)Oc1cccc2ccccc12. The minimum atomic E-state index is -4.38. The number of aliphatic hydroxyl groups excluding tert-OH is 1. The molecule has 3 aromatic rings. The van der Waals surface area contributed by atoms with Gasteiger partial charge in [-0.05, 0) is 39.1 Å². The Hall–Kier alpha value is -3.35. The number of nitrogens with zero attached hydrogens (tertiary/aromatic N) is 1. The lowest BCUT2D eigenvalue weighted by molar-refractivity contribution is -0.149. The molecule has 0 bridgehead atoms. The van der Waals surface area contributed by atoms with E-state index >= 15 is 0 Å². The quantitative estimate of drug-likeness (QED) is 0.234. The number of esters is 1. The topological polar surface area (TPSA) is 158 Å². The summed E-state index contributed by atoms with van der Waals surface area (Å²) < 4.78 is 51.4. The van der Waals surface area contributed by atoms with Crippen LogP contribution in [0.3, 0.4) is 0 Å². The van der Waals surface area contributed by atoms with Crippen LogP contribution in [0.2, 0.25) is 0 Å². The highest BCUT2D eigenvalue weighted by Gasteiger charge is 2.47. The van der Waals surface area contributed by atoms with Crippen molar-refractivity contribution in [2.75, 3.05) is 13.2 Å². The highest BCUT2D eigenvalue weighted by atomic mass is 31.2. The predicted molar refractivity (Wildman–Crippen MR) is 149 cm³/mol. The average molecular weight is 596 g/mol. The number of nitrogens with one attached hydrogen (secondary N) is 2. The van der Waals surface area contributed by atoms with Gasteiger partial charge in [-0.15, -0.1) is 0 Å². The fourth-order valence-corrected chi connectivity index (χ4v) is 6.13. The van der Waals surface area contributed by atoms with Gasteiger partial charge in [-0.25, -0.2) is 9.36 Å². The molecule has 1 saturated heterocycles. The highest BCUT2D eigenvalue weighted by Crippen LogP contribution is 2.49. The molecule has 2 heterocycles. The van der Waals surface area contributed by atoms with Crippen molar-refractivity contribution < 1.29 is 37.4 Å². The van der Waals surface area contributed by atoms with Gasteiger partial charge in [0.15, 0.2) is 0 Å². The fraction of sp³-hybridized carbons (Fsp3) is 0.444. The van der Waals surface area contributed by atoms with E-state index in [4.69, 9.17) is 18.5 Å². The summed E-state index contributed by atoms with van der Waals surface area (Å²) in [6.45, 7) is 5.52. The molecule has 1 aliphatic heterocycles.